The van der Waals surface area contributed by atoms with E-state index in [1.807, 2.05) is 0 Å². The van der Waals surface area contributed by atoms with E-state index in [1.54, 1.807) is 28.6 Å². The molecule has 2 aliphatic rings. The number of sulfonamides is 1. The number of rotatable bonds is 6. The third-order valence-electron chi connectivity index (χ3n) is 5.99. The van der Waals surface area contributed by atoms with Gasteiger partial charge in [-0.2, -0.15) is 4.31 Å². The molecule has 6 nitrogen and oxygen atoms in total. The number of piperidine rings is 1. The first-order valence-corrected chi connectivity index (χ1v) is 11.9. The lowest BCUT2D eigenvalue weighted by molar-refractivity contribution is 0.0941. The fourth-order valence-corrected chi connectivity index (χ4v) is 6.26. The molecule has 2 aliphatic heterocycles. The Morgan fingerprint density at radius 3 is 2.39 bits per heavy atom. The molecular formula is C21H33N3O3S. The molecule has 28 heavy (non-hydrogen) atoms. The molecule has 3 rings (SSSR count). The average molecular weight is 408 g/mol. The zero-order valence-electron chi connectivity index (χ0n) is 17.2. The lowest BCUT2D eigenvalue weighted by Gasteiger charge is -2.34. The summed E-state index contributed by atoms with van der Waals surface area (Å²) in [4.78, 5) is 15.1. The number of carbonyl (C=O) groups is 1. The van der Waals surface area contributed by atoms with Crippen molar-refractivity contribution in [1.82, 2.24) is 14.5 Å². The van der Waals surface area contributed by atoms with Gasteiger partial charge >= 0.3 is 0 Å². The molecule has 2 heterocycles. The van der Waals surface area contributed by atoms with Crippen LogP contribution in [0, 0.1) is 11.8 Å². The van der Waals surface area contributed by atoms with Crippen molar-refractivity contribution in [2.45, 2.75) is 51.0 Å². The number of nitrogens with one attached hydrogen (secondary N) is 1. The molecule has 0 spiro atoms. The summed E-state index contributed by atoms with van der Waals surface area (Å²) in [6.45, 7) is 10.2. The smallest absolute Gasteiger partial charge is 0.251 e. The van der Waals surface area contributed by atoms with E-state index in [0.717, 1.165) is 25.9 Å². The molecule has 0 aromatic heterocycles. The van der Waals surface area contributed by atoms with Crippen molar-refractivity contribution in [2.24, 2.45) is 11.8 Å². The van der Waals surface area contributed by atoms with Crippen molar-refractivity contribution in [2.75, 3.05) is 32.7 Å². The maximum atomic E-state index is 12.9. The number of benzene rings is 1. The molecule has 3 atom stereocenters. The highest BCUT2D eigenvalue weighted by molar-refractivity contribution is 7.89. The van der Waals surface area contributed by atoms with Crippen LogP contribution < -0.4 is 5.32 Å². The van der Waals surface area contributed by atoms with Gasteiger partial charge in [0, 0.05) is 31.2 Å². The van der Waals surface area contributed by atoms with E-state index in [2.05, 4.69) is 31.0 Å². The van der Waals surface area contributed by atoms with E-state index in [-0.39, 0.29) is 10.8 Å². The Hall–Kier alpha value is -1.44. The molecular weight excluding hydrogens is 374 g/mol. The second-order valence-electron chi connectivity index (χ2n) is 8.43. The van der Waals surface area contributed by atoms with Gasteiger partial charge in [0.25, 0.3) is 5.91 Å². The van der Waals surface area contributed by atoms with Crippen LogP contribution in [0.4, 0.5) is 0 Å². The van der Waals surface area contributed by atoms with Crippen LogP contribution in [0.15, 0.2) is 29.2 Å². The quantitative estimate of drug-likeness (QED) is 0.787. The molecule has 2 saturated heterocycles. The van der Waals surface area contributed by atoms with Gasteiger partial charge in [-0.1, -0.05) is 20.8 Å². The third-order valence-corrected chi connectivity index (χ3v) is 7.84. The lowest BCUT2D eigenvalue weighted by Crippen LogP contribution is -2.42. The van der Waals surface area contributed by atoms with Crippen LogP contribution >= 0.6 is 0 Å². The van der Waals surface area contributed by atoms with Gasteiger partial charge < -0.3 is 5.32 Å². The molecule has 7 heteroatoms. The average Bonchev–Trinajstić information content (AvgIpc) is 3.13. The number of nitrogens with zero attached hydrogens (tertiary/aromatic N) is 2. The summed E-state index contributed by atoms with van der Waals surface area (Å²) in [5, 5.41) is 3.00. The van der Waals surface area contributed by atoms with Crippen LogP contribution in [0.3, 0.4) is 0 Å². The van der Waals surface area contributed by atoms with E-state index in [1.165, 1.54) is 6.42 Å². The molecule has 0 unspecified atom stereocenters. The summed E-state index contributed by atoms with van der Waals surface area (Å²) in [7, 11) is -3.51. The van der Waals surface area contributed by atoms with Crippen LogP contribution in [0.1, 0.15) is 50.4 Å². The van der Waals surface area contributed by atoms with Gasteiger partial charge in [-0.05, 0) is 68.5 Å². The summed E-state index contributed by atoms with van der Waals surface area (Å²) >= 11 is 0. The second kappa shape index (κ2) is 8.93. The molecule has 0 bridgehead atoms. The van der Waals surface area contributed by atoms with Crippen molar-refractivity contribution >= 4 is 15.9 Å². The maximum absolute atomic E-state index is 12.9. The highest BCUT2D eigenvalue weighted by Gasteiger charge is 2.31. The Balaban J connectivity index is 1.63. The molecule has 2 fully saturated rings. The van der Waals surface area contributed by atoms with Crippen molar-refractivity contribution in [3.63, 3.8) is 0 Å². The van der Waals surface area contributed by atoms with Gasteiger partial charge in [0.05, 0.1) is 4.90 Å². The number of hydrogen-bond donors (Lipinski definition) is 1. The first-order valence-electron chi connectivity index (χ1n) is 10.4. The van der Waals surface area contributed by atoms with E-state index in [9.17, 15) is 13.2 Å². The number of likely N-dealkylation sites (N-methyl/N-ethyl adjacent to an activating group) is 1. The van der Waals surface area contributed by atoms with E-state index in [4.69, 9.17) is 0 Å². The van der Waals surface area contributed by atoms with Gasteiger partial charge in [0.1, 0.15) is 0 Å². The first-order chi connectivity index (χ1) is 13.3. The summed E-state index contributed by atoms with van der Waals surface area (Å²) < 4.78 is 27.5. The highest BCUT2D eigenvalue weighted by Crippen LogP contribution is 2.26. The van der Waals surface area contributed by atoms with Gasteiger partial charge in [0.15, 0.2) is 0 Å². The molecule has 1 aromatic carbocycles. The molecule has 0 aliphatic carbocycles. The summed E-state index contributed by atoms with van der Waals surface area (Å²) in [5.74, 6) is 0.579. The largest absolute Gasteiger partial charge is 0.350 e. The maximum Gasteiger partial charge on any atom is 0.251 e. The van der Waals surface area contributed by atoms with Crippen molar-refractivity contribution < 1.29 is 13.2 Å². The molecule has 1 N–H and O–H groups in total. The Morgan fingerprint density at radius 2 is 1.79 bits per heavy atom. The minimum atomic E-state index is -3.51. The zero-order chi connectivity index (χ0) is 20.3. The van der Waals surface area contributed by atoms with Crippen molar-refractivity contribution in [3.8, 4) is 0 Å². The minimum Gasteiger partial charge on any atom is -0.350 e. The van der Waals surface area contributed by atoms with Crippen LogP contribution in [-0.4, -0.2) is 62.3 Å². The Labute approximate surface area is 169 Å². The number of hydrogen-bond acceptors (Lipinski definition) is 4. The molecule has 0 radical (unpaired) electrons. The summed E-state index contributed by atoms with van der Waals surface area (Å²) in [5.41, 5.74) is 0.500. The standard InChI is InChI=1S/C21H33N3O3S/c1-4-23-11-5-6-19(23)13-22-21(25)18-7-9-20(10-8-18)28(26,27)24-14-16(2)12-17(3)15-24/h7-10,16-17,19H,4-6,11-15H2,1-3H3,(H,22,25)/t16-,17+,19-/m0/s1. The molecule has 156 valence electrons. The van der Waals surface area contributed by atoms with Gasteiger partial charge in [-0.3, -0.25) is 9.69 Å². The van der Waals surface area contributed by atoms with Gasteiger partial charge in [-0.15, -0.1) is 0 Å². The van der Waals surface area contributed by atoms with Crippen LogP contribution in [-0.2, 0) is 10.0 Å². The monoisotopic (exact) mass is 407 g/mol. The number of amides is 1. The fourth-order valence-electron chi connectivity index (χ4n) is 4.58. The highest BCUT2D eigenvalue weighted by atomic mass is 32.2. The Bertz CT molecular complexity index is 769. The van der Waals surface area contributed by atoms with E-state index >= 15 is 0 Å². The first kappa shape index (κ1) is 21.3. The second-order valence-corrected chi connectivity index (χ2v) is 10.4. The molecule has 1 amide bonds. The number of carbonyl (C=O) groups excluding carboxylic acids is 1. The van der Waals surface area contributed by atoms with Crippen LogP contribution in [0.2, 0.25) is 0 Å². The lowest BCUT2D eigenvalue weighted by atomic mass is 9.94. The normalized spacial score (nSPS) is 27.0. The predicted octanol–water partition coefficient (Wildman–Crippen LogP) is 2.57. The van der Waals surface area contributed by atoms with Gasteiger partial charge in [-0.25, -0.2) is 8.42 Å². The van der Waals surface area contributed by atoms with E-state index in [0.29, 0.717) is 43.1 Å². The Kier molecular flexibility index (Phi) is 6.78. The Morgan fingerprint density at radius 1 is 1.14 bits per heavy atom. The van der Waals surface area contributed by atoms with E-state index < -0.39 is 10.0 Å². The summed E-state index contributed by atoms with van der Waals surface area (Å²) in [6.07, 6.45) is 3.34. The topological polar surface area (TPSA) is 69.7 Å². The number of likely N-dealkylation sites (tertiary alicyclic amines) is 1. The SMILES string of the molecule is CCN1CCC[C@H]1CNC(=O)c1ccc(S(=O)(=O)N2C[C@H](C)C[C@H](C)C2)cc1. The van der Waals surface area contributed by atoms with Crippen LogP contribution in [0.25, 0.3) is 0 Å². The third kappa shape index (κ3) is 4.75. The van der Waals surface area contributed by atoms with Gasteiger partial charge in [0.2, 0.25) is 10.0 Å². The van der Waals surface area contributed by atoms with Crippen LogP contribution in [0.5, 0.6) is 0 Å². The minimum absolute atomic E-state index is 0.146. The predicted molar refractivity (Wildman–Crippen MR) is 111 cm³/mol. The fraction of sp³-hybridized carbons (Fsp3) is 0.667. The van der Waals surface area contributed by atoms with Crippen molar-refractivity contribution in [1.29, 1.82) is 0 Å². The molecule has 0 saturated carbocycles. The molecule has 1 aromatic rings. The van der Waals surface area contributed by atoms with Crippen molar-refractivity contribution in [3.05, 3.63) is 29.8 Å². The summed E-state index contributed by atoms with van der Waals surface area (Å²) in [6, 6.07) is 6.75. The zero-order valence-corrected chi connectivity index (χ0v) is 18.0.